The van der Waals surface area contributed by atoms with Gasteiger partial charge in [-0.15, -0.1) is 0 Å². The van der Waals surface area contributed by atoms with Crippen molar-refractivity contribution in [1.29, 1.82) is 0 Å². The van der Waals surface area contributed by atoms with Crippen LogP contribution in [0.1, 0.15) is 28.7 Å². The zero-order valence-electron chi connectivity index (χ0n) is 13.5. The standard InChI is InChI=1S/C16H18BrN3O4/c1-8(7-20-10(3)14(17)9(2)19-20)15(22)18-12-5-4-11(16(23)24)6-13(12)21/h4-6,8,21H,7H2,1-3H3,(H,18,22)(H,23,24)/t8-/m0/s1. The number of rotatable bonds is 5. The van der Waals surface area contributed by atoms with Gasteiger partial charge < -0.3 is 15.5 Å². The quantitative estimate of drug-likeness (QED) is 0.675. The molecule has 0 bridgehead atoms. The third-order valence-corrected chi connectivity index (χ3v) is 4.84. The van der Waals surface area contributed by atoms with Crippen molar-refractivity contribution in [2.45, 2.75) is 27.3 Å². The Morgan fingerprint density at radius 3 is 2.54 bits per heavy atom. The molecule has 8 heteroatoms. The molecular formula is C16H18BrN3O4. The van der Waals surface area contributed by atoms with Crippen LogP contribution >= 0.6 is 15.9 Å². The molecule has 128 valence electrons. The van der Waals surface area contributed by atoms with Gasteiger partial charge in [0.15, 0.2) is 0 Å². The predicted octanol–water partition coefficient (Wildman–Crippen LogP) is 2.94. The number of nitrogens with zero attached hydrogens (tertiary/aromatic N) is 2. The Labute approximate surface area is 147 Å². The molecule has 24 heavy (non-hydrogen) atoms. The van der Waals surface area contributed by atoms with Crippen LogP contribution in [0.25, 0.3) is 0 Å². The van der Waals surface area contributed by atoms with Gasteiger partial charge in [0.05, 0.1) is 33.9 Å². The minimum Gasteiger partial charge on any atom is -0.506 e. The molecule has 1 aromatic heterocycles. The van der Waals surface area contributed by atoms with Crippen molar-refractivity contribution >= 4 is 33.5 Å². The van der Waals surface area contributed by atoms with E-state index in [0.29, 0.717) is 6.54 Å². The summed E-state index contributed by atoms with van der Waals surface area (Å²) in [6.07, 6.45) is 0. The number of halogens is 1. The van der Waals surface area contributed by atoms with Gasteiger partial charge >= 0.3 is 5.97 Å². The first-order chi connectivity index (χ1) is 11.2. The molecule has 1 atom stereocenters. The summed E-state index contributed by atoms with van der Waals surface area (Å²) < 4.78 is 2.66. The number of anilines is 1. The smallest absolute Gasteiger partial charge is 0.335 e. The minimum absolute atomic E-state index is 0.0500. The van der Waals surface area contributed by atoms with Gasteiger partial charge in [-0.1, -0.05) is 6.92 Å². The van der Waals surface area contributed by atoms with E-state index < -0.39 is 11.9 Å². The third-order valence-electron chi connectivity index (χ3n) is 3.69. The normalized spacial score (nSPS) is 12.0. The van der Waals surface area contributed by atoms with Gasteiger partial charge in [-0.25, -0.2) is 4.79 Å². The topological polar surface area (TPSA) is 104 Å². The molecule has 0 radical (unpaired) electrons. The number of aromatic carboxylic acids is 1. The molecule has 0 aliphatic carbocycles. The van der Waals surface area contributed by atoms with Crippen LogP contribution in [0.2, 0.25) is 0 Å². The third kappa shape index (κ3) is 3.76. The maximum atomic E-state index is 12.3. The number of carboxylic acid groups (broad SMARTS) is 1. The first-order valence-electron chi connectivity index (χ1n) is 7.27. The number of aromatic nitrogens is 2. The van der Waals surface area contributed by atoms with E-state index in [0.717, 1.165) is 21.9 Å². The largest absolute Gasteiger partial charge is 0.506 e. The van der Waals surface area contributed by atoms with Crippen molar-refractivity contribution in [3.05, 3.63) is 39.6 Å². The van der Waals surface area contributed by atoms with Crippen LogP contribution in [0.3, 0.4) is 0 Å². The van der Waals surface area contributed by atoms with Crippen LogP contribution in [0.4, 0.5) is 5.69 Å². The molecule has 2 aromatic rings. The summed E-state index contributed by atoms with van der Waals surface area (Å²) in [5.41, 5.74) is 1.90. The van der Waals surface area contributed by atoms with Crippen LogP contribution in [-0.2, 0) is 11.3 Å². The summed E-state index contributed by atoms with van der Waals surface area (Å²) >= 11 is 3.44. The molecule has 0 saturated heterocycles. The molecule has 1 aromatic carbocycles. The van der Waals surface area contributed by atoms with Crippen LogP contribution in [-0.4, -0.2) is 31.9 Å². The zero-order valence-corrected chi connectivity index (χ0v) is 15.1. The molecule has 2 rings (SSSR count). The number of amides is 1. The summed E-state index contributed by atoms with van der Waals surface area (Å²) in [7, 11) is 0. The molecule has 0 fully saturated rings. The molecule has 7 nitrogen and oxygen atoms in total. The Morgan fingerprint density at radius 1 is 1.38 bits per heavy atom. The zero-order chi connectivity index (χ0) is 18.0. The highest BCUT2D eigenvalue weighted by molar-refractivity contribution is 9.10. The number of phenols is 1. The Balaban J connectivity index is 2.09. The number of carbonyl (C=O) groups excluding carboxylic acids is 1. The highest BCUT2D eigenvalue weighted by Gasteiger charge is 2.18. The van der Waals surface area contributed by atoms with Crippen LogP contribution in [0.5, 0.6) is 5.75 Å². The summed E-state index contributed by atoms with van der Waals surface area (Å²) in [5, 5.41) is 25.7. The molecule has 1 amide bonds. The first kappa shape index (κ1) is 18.0. The fraction of sp³-hybridized carbons (Fsp3) is 0.312. The number of hydrogen-bond donors (Lipinski definition) is 3. The second-order valence-corrected chi connectivity index (χ2v) is 6.39. The lowest BCUT2D eigenvalue weighted by molar-refractivity contribution is -0.119. The average Bonchev–Trinajstić information content (AvgIpc) is 2.76. The van der Waals surface area contributed by atoms with E-state index in [-0.39, 0.29) is 22.9 Å². The van der Waals surface area contributed by atoms with Gasteiger partial charge in [-0.2, -0.15) is 5.10 Å². The summed E-state index contributed by atoms with van der Waals surface area (Å²) in [6, 6.07) is 3.78. The summed E-state index contributed by atoms with van der Waals surface area (Å²) in [4.78, 5) is 23.1. The summed E-state index contributed by atoms with van der Waals surface area (Å²) in [6.45, 7) is 5.92. The number of nitrogens with one attached hydrogen (secondary N) is 1. The average molecular weight is 396 g/mol. The van der Waals surface area contributed by atoms with E-state index in [4.69, 9.17) is 5.11 Å². The van der Waals surface area contributed by atoms with Gasteiger partial charge in [0.1, 0.15) is 5.75 Å². The van der Waals surface area contributed by atoms with Gasteiger partial charge in [-0.05, 0) is 48.0 Å². The molecule has 0 spiro atoms. The Hall–Kier alpha value is -2.35. The first-order valence-corrected chi connectivity index (χ1v) is 8.06. The van der Waals surface area contributed by atoms with E-state index in [9.17, 15) is 14.7 Å². The Kier molecular flexibility index (Phi) is 5.28. The fourth-order valence-corrected chi connectivity index (χ4v) is 2.51. The van der Waals surface area contributed by atoms with Gasteiger partial charge in [0.25, 0.3) is 0 Å². The number of aromatic hydroxyl groups is 1. The van der Waals surface area contributed by atoms with Crippen molar-refractivity contribution in [1.82, 2.24) is 9.78 Å². The number of benzene rings is 1. The van der Waals surface area contributed by atoms with E-state index in [2.05, 4.69) is 26.3 Å². The fourth-order valence-electron chi connectivity index (χ4n) is 2.22. The summed E-state index contributed by atoms with van der Waals surface area (Å²) in [5.74, 6) is -2.12. The van der Waals surface area contributed by atoms with Crippen molar-refractivity contribution in [2.75, 3.05) is 5.32 Å². The maximum absolute atomic E-state index is 12.3. The molecule has 0 aliphatic rings. The molecular weight excluding hydrogens is 378 g/mol. The molecule has 0 saturated carbocycles. The van der Waals surface area contributed by atoms with E-state index in [1.54, 1.807) is 11.6 Å². The number of carboxylic acids is 1. The van der Waals surface area contributed by atoms with Crippen molar-refractivity contribution in [2.24, 2.45) is 5.92 Å². The number of hydrogen-bond acceptors (Lipinski definition) is 4. The maximum Gasteiger partial charge on any atom is 0.335 e. The molecule has 1 heterocycles. The van der Waals surface area contributed by atoms with Crippen LogP contribution in [0, 0.1) is 19.8 Å². The second-order valence-electron chi connectivity index (χ2n) is 5.59. The Bertz CT molecular complexity index is 801. The van der Waals surface area contributed by atoms with Crippen molar-refractivity contribution in [3.8, 4) is 5.75 Å². The van der Waals surface area contributed by atoms with Crippen LogP contribution in [0.15, 0.2) is 22.7 Å². The lowest BCUT2D eigenvalue weighted by Gasteiger charge is -2.14. The van der Waals surface area contributed by atoms with Crippen molar-refractivity contribution in [3.63, 3.8) is 0 Å². The number of aryl methyl sites for hydroxylation is 1. The highest BCUT2D eigenvalue weighted by atomic mass is 79.9. The number of carbonyl (C=O) groups is 2. The minimum atomic E-state index is -1.15. The number of phenolic OH excluding ortho intramolecular Hbond substituents is 1. The van der Waals surface area contributed by atoms with Crippen molar-refractivity contribution < 1.29 is 19.8 Å². The lowest BCUT2D eigenvalue weighted by Crippen LogP contribution is -2.25. The monoisotopic (exact) mass is 395 g/mol. The predicted molar refractivity (Wildman–Crippen MR) is 92.3 cm³/mol. The second kappa shape index (κ2) is 7.04. The molecule has 3 N–H and O–H groups in total. The van der Waals surface area contributed by atoms with Gasteiger partial charge in [0, 0.05) is 5.69 Å². The highest BCUT2D eigenvalue weighted by Crippen LogP contribution is 2.25. The Morgan fingerprint density at radius 2 is 2.04 bits per heavy atom. The van der Waals surface area contributed by atoms with E-state index in [1.807, 2.05) is 13.8 Å². The van der Waals surface area contributed by atoms with Crippen LogP contribution < -0.4 is 5.32 Å². The SMILES string of the molecule is Cc1nn(C[C@H](C)C(=O)Nc2ccc(C(=O)O)cc2O)c(C)c1Br. The van der Waals surface area contributed by atoms with Gasteiger partial charge in [0.2, 0.25) is 5.91 Å². The molecule has 0 unspecified atom stereocenters. The van der Waals surface area contributed by atoms with E-state index >= 15 is 0 Å². The van der Waals surface area contributed by atoms with Gasteiger partial charge in [-0.3, -0.25) is 9.48 Å². The lowest BCUT2D eigenvalue weighted by atomic mass is 10.1. The van der Waals surface area contributed by atoms with E-state index in [1.165, 1.54) is 12.1 Å². The molecule has 0 aliphatic heterocycles.